The van der Waals surface area contributed by atoms with Crippen LogP contribution >= 0.6 is 0 Å². The normalized spacial score (nSPS) is 21.2. The van der Waals surface area contributed by atoms with Crippen molar-refractivity contribution in [1.82, 2.24) is 0 Å². The molecule has 1 aliphatic carbocycles. The second-order valence-electron chi connectivity index (χ2n) is 5.01. The van der Waals surface area contributed by atoms with Crippen LogP contribution in [-0.4, -0.2) is 6.54 Å². The van der Waals surface area contributed by atoms with Gasteiger partial charge in [-0.05, 0) is 30.7 Å². The van der Waals surface area contributed by atoms with E-state index in [0.29, 0.717) is 0 Å². The van der Waals surface area contributed by atoms with Crippen molar-refractivity contribution in [2.24, 2.45) is 23.5 Å². The van der Waals surface area contributed by atoms with Crippen LogP contribution in [0.15, 0.2) is 0 Å². The zero-order chi connectivity index (χ0) is 9.68. The van der Waals surface area contributed by atoms with E-state index in [1.54, 1.807) is 0 Å². The quantitative estimate of drug-likeness (QED) is 0.696. The average molecular weight is 183 g/mol. The summed E-state index contributed by atoms with van der Waals surface area (Å²) in [5, 5.41) is 0. The van der Waals surface area contributed by atoms with E-state index in [1.807, 2.05) is 0 Å². The maximum Gasteiger partial charge on any atom is -0.00462 e. The Hall–Kier alpha value is -0.0400. The zero-order valence-electron chi connectivity index (χ0n) is 9.26. The summed E-state index contributed by atoms with van der Waals surface area (Å²) in [4.78, 5) is 0. The molecule has 0 spiro atoms. The molecule has 0 bridgehead atoms. The Balaban J connectivity index is 2.24. The molecule has 0 aliphatic heterocycles. The molecule has 1 nitrogen and oxygen atoms in total. The van der Waals surface area contributed by atoms with Gasteiger partial charge in [0.2, 0.25) is 0 Å². The molecule has 1 aliphatic rings. The Morgan fingerprint density at radius 3 is 2.23 bits per heavy atom. The highest BCUT2D eigenvalue weighted by Gasteiger charge is 2.23. The van der Waals surface area contributed by atoms with Gasteiger partial charge in [-0.15, -0.1) is 0 Å². The Labute approximate surface area is 83.1 Å². The minimum absolute atomic E-state index is 0.824. The van der Waals surface area contributed by atoms with Gasteiger partial charge in [-0.3, -0.25) is 0 Å². The summed E-state index contributed by atoms with van der Waals surface area (Å²) in [6, 6.07) is 0. The monoisotopic (exact) mass is 183 g/mol. The second kappa shape index (κ2) is 5.64. The van der Waals surface area contributed by atoms with E-state index in [-0.39, 0.29) is 0 Å². The van der Waals surface area contributed by atoms with E-state index in [1.165, 1.54) is 38.5 Å². The van der Waals surface area contributed by atoms with Gasteiger partial charge in [-0.1, -0.05) is 46.0 Å². The summed E-state index contributed by atoms with van der Waals surface area (Å²) in [5.41, 5.74) is 5.84. The van der Waals surface area contributed by atoms with Gasteiger partial charge < -0.3 is 5.73 Å². The third kappa shape index (κ3) is 3.68. The maximum absolute atomic E-state index is 5.84. The number of hydrogen-bond donors (Lipinski definition) is 1. The molecule has 0 heterocycles. The molecule has 1 atom stereocenters. The fourth-order valence-electron chi connectivity index (χ4n) is 2.52. The largest absolute Gasteiger partial charge is 0.330 e. The van der Waals surface area contributed by atoms with Crippen LogP contribution in [0.25, 0.3) is 0 Å². The molecule has 0 saturated heterocycles. The third-order valence-corrected chi connectivity index (χ3v) is 3.48. The van der Waals surface area contributed by atoms with Crippen molar-refractivity contribution in [3.8, 4) is 0 Å². The fourth-order valence-corrected chi connectivity index (χ4v) is 2.52. The highest BCUT2D eigenvalue weighted by atomic mass is 14.6. The van der Waals surface area contributed by atoms with Crippen LogP contribution in [0.3, 0.4) is 0 Å². The molecule has 13 heavy (non-hydrogen) atoms. The van der Waals surface area contributed by atoms with Gasteiger partial charge in [-0.2, -0.15) is 0 Å². The number of rotatable bonds is 5. The van der Waals surface area contributed by atoms with Crippen LogP contribution in [0, 0.1) is 17.8 Å². The first kappa shape index (κ1) is 11.0. The van der Waals surface area contributed by atoms with Crippen molar-refractivity contribution in [3.63, 3.8) is 0 Å². The van der Waals surface area contributed by atoms with Gasteiger partial charge in [0.15, 0.2) is 0 Å². The predicted octanol–water partition coefficient (Wildman–Crippen LogP) is 3.19. The Morgan fingerprint density at radius 2 is 1.77 bits per heavy atom. The lowest BCUT2D eigenvalue weighted by atomic mass is 9.85. The standard InChI is InChI=1S/C12H25N/c1-10(2)7-8-12(9-13)11-5-3-4-6-11/h10-12H,3-9,13H2,1-2H3. The molecule has 1 saturated carbocycles. The summed E-state index contributed by atoms with van der Waals surface area (Å²) in [5.74, 6) is 2.63. The van der Waals surface area contributed by atoms with Gasteiger partial charge in [-0.25, -0.2) is 0 Å². The Morgan fingerprint density at radius 1 is 1.15 bits per heavy atom. The highest BCUT2D eigenvalue weighted by molar-refractivity contribution is 4.76. The van der Waals surface area contributed by atoms with Crippen LogP contribution in [0.5, 0.6) is 0 Å². The molecular formula is C12H25N. The molecular weight excluding hydrogens is 158 g/mol. The lowest BCUT2D eigenvalue weighted by Gasteiger charge is -2.22. The first-order valence-corrected chi connectivity index (χ1v) is 5.94. The molecule has 1 heteroatoms. The van der Waals surface area contributed by atoms with Crippen molar-refractivity contribution in [2.75, 3.05) is 6.54 Å². The first-order chi connectivity index (χ1) is 6.24. The lowest BCUT2D eigenvalue weighted by molar-refractivity contribution is 0.305. The van der Waals surface area contributed by atoms with Crippen molar-refractivity contribution in [2.45, 2.75) is 52.4 Å². The molecule has 78 valence electrons. The molecule has 0 aromatic carbocycles. The molecule has 1 rings (SSSR count). The molecule has 1 unspecified atom stereocenters. The summed E-state index contributed by atoms with van der Waals surface area (Å²) < 4.78 is 0. The van der Waals surface area contributed by atoms with Crippen LogP contribution < -0.4 is 5.73 Å². The van der Waals surface area contributed by atoms with Gasteiger partial charge >= 0.3 is 0 Å². The third-order valence-electron chi connectivity index (χ3n) is 3.48. The van der Waals surface area contributed by atoms with E-state index in [4.69, 9.17) is 5.73 Å². The summed E-state index contributed by atoms with van der Waals surface area (Å²) in [7, 11) is 0. The molecule has 0 aromatic rings. The molecule has 0 amide bonds. The maximum atomic E-state index is 5.84. The highest BCUT2D eigenvalue weighted by Crippen LogP contribution is 2.33. The average Bonchev–Trinajstić information content (AvgIpc) is 2.58. The fraction of sp³-hybridized carbons (Fsp3) is 1.00. The van der Waals surface area contributed by atoms with Crippen molar-refractivity contribution in [1.29, 1.82) is 0 Å². The minimum Gasteiger partial charge on any atom is -0.330 e. The van der Waals surface area contributed by atoms with Crippen molar-refractivity contribution in [3.05, 3.63) is 0 Å². The van der Waals surface area contributed by atoms with Crippen LogP contribution in [0.1, 0.15) is 52.4 Å². The van der Waals surface area contributed by atoms with Crippen molar-refractivity contribution < 1.29 is 0 Å². The topological polar surface area (TPSA) is 26.0 Å². The Kier molecular flexibility index (Phi) is 4.79. The Bertz CT molecular complexity index is 125. The second-order valence-corrected chi connectivity index (χ2v) is 5.01. The molecule has 0 radical (unpaired) electrons. The van der Waals surface area contributed by atoms with E-state index < -0.39 is 0 Å². The van der Waals surface area contributed by atoms with Crippen LogP contribution in [0.2, 0.25) is 0 Å². The summed E-state index contributed by atoms with van der Waals surface area (Å²) >= 11 is 0. The molecule has 0 aromatic heterocycles. The van der Waals surface area contributed by atoms with Gasteiger partial charge in [0.25, 0.3) is 0 Å². The first-order valence-electron chi connectivity index (χ1n) is 5.94. The van der Waals surface area contributed by atoms with E-state index in [2.05, 4.69) is 13.8 Å². The van der Waals surface area contributed by atoms with E-state index >= 15 is 0 Å². The van der Waals surface area contributed by atoms with Crippen LogP contribution in [0.4, 0.5) is 0 Å². The predicted molar refractivity (Wildman–Crippen MR) is 58.6 cm³/mol. The number of hydrogen-bond acceptors (Lipinski definition) is 1. The minimum atomic E-state index is 0.824. The van der Waals surface area contributed by atoms with E-state index in [0.717, 1.165) is 24.3 Å². The molecule has 2 N–H and O–H groups in total. The number of nitrogens with two attached hydrogens (primary N) is 1. The zero-order valence-corrected chi connectivity index (χ0v) is 9.26. The molecule has 1 fully saturated rings. The lowest BCUT2D eigenvalue weighted by Crippen LogP contribution is -2.22. The SMILES string of the molecule is CC(C)CCC(CN)C1CCCC1. The van der Waals surface area contributed by atoms with Crippen LogP contribution in [-0.2, 0) is 0 Å². The van der Waals surface area contributed by atoms with Gasteiger partial charge in [0.05, 0.1) is 0 Å². The summed E-state index contributed by atoms with van der Waals surface area (Å²) in [6.45, 7) is 5.53. The van der Waals surface area contributed by atoms with Crippen molar-refractivity contribution >= 4 is 0 Å². The van der Waals surface area contributed by atoms with Gasteiger partial charge in [0.1, 0.15) is 0 Å². The smallest absolute Gasteiger partial charge is 0.00462 e. The van der Waals surface area contributed by atoms with E-state index in [9.17, 15) is 0 Å². The summed E-state index contributed by atoms with van der Waals surface area (Å²) in [6.07, 6.45) is 8.50. The van der Waals surface area contributed by atoms with Gasteiger partial charge in [0, 0.05) is 0 Å².